The van der Waals surface area contributed by atoms with Crippen LogP contribution >= 0.6 is 11.6 Å². The van der Waals surface area contributed by atoms with Crippen molar-refractivity contribution in [2.24, 2.45) is 0 Å². The largest absolute Gasteiger partial charge is 0.340 e. The summed E-state index contributed by atoms with van der Waals surface area (Å²) in [4.78, 5) is 20.5. The van der Waals surface area contributed by atoms with E-state index in [2.05, 4.69) is 36.3 Å². The smallest absolute Gasteiger partial charge is 0.313 e. The number of nitrogens with one attached hydrogen (secondary N) is 2. The molecule has 0 fully saturated rings. The molecule has 10 nitrogen and oxygen atoms in total. The number of rotatable bonds is 5. The summed E-state index contributed by atoms with van der Waals surface area (Å²) in [6, 6.07) is 10.6. The normalized spacial score (nSPS) is 10.6. The van der Waals surface area contributed by atoms with Crippen LogP contribution < -0.4 is 10.9 Å². The Hall–Kier alpha value is -3.79. The number of anilines is 1. The number of para-hydroxylation sites is 1. The Morgan fingerprint density at radius 2 is 1.96 bits per heavy atom. The van der Waals surface area contributed by atoms with Gasteiger partial charge in [0.25, 0.3) is 5.91 Å². The van der Waals surface area contributed by atoms with E-state index in [0.717, 1.165) is 5.56 Å². The van der Waals surface area contributed by atoms with Gasteiger partial charge in [-0.05, 0) is 31.2 Å². The molecule has 1 aromatic carbocycles. The fraction of sp³-hybridized carbons (Fsp3) is 0.0588. The van der Waals surface area contributed by atoms with Gasteiger partial charge in [-0.15, -0.1) is 5.10 Å². The number of benzene rings is 1. The monoisotopic (exact) mass is 396 g/mol. The zero-order valence-corrected chi connectivity index (χ0v) is 15.3. The van der Waals surface area contributed by atoms with Crippen molar-refractivity contribution in [3.8, 4) is 17.1 Å². The molecule has 140 valence electrons. The number of nitrogens with zero attached hydrogens (tertiary/aromatic N) is 6. The Balaban J connectivity index is 1.47. The van der Waals surface area contributed by atoms with E-state index < -0.39 is 5.91 Å². The molecule has 4 aromatic rings. The van der Waals surface area contributed by atoms with Crippen molar-refractivity contribution >= 4 is 23.5 Å². The van der Waals surface area contributed by atoms with Gasteiger partial charge in [0.15, 0.2) is 5.69 Å². The summed E-state index contributed by atoms with van der Waals surface area (Å²) >= 11 is 6.18. The number of carbonyl (C=O) groups excluding carboxylic acids is 1. The van der Waals surface area contributed by atoms with Gasteiger partial charge in [0.1, 0.15) is 0 Å². The van der Waals surface area contributed by atoms with Crippen LogP contribution in [-0.4, -0.2) is 36.0 Å². The fourth-order valence-electron chi connectivity index (χ4n) is 2.45. The van der Waals surface area contributed by atoms with Crippen molar-refractivity contribution in [2.45, 2.75) is 6.92 Å². The van der Waals surface area contributed by atoms with E-state index in [0.29, 0.717) is 22.2 Å². The van der Waals surface area contributed by atoms with Crippen LogP contribution in [0.2, 0.25) is 5.02 Å². The first-order valence-electron chi connectivity index (χ1n) is 8.11. The van der Waals surface area contributed by atoms with Crippen LogP contribution in [-0.2, 0) is 0 Å². The number of carbonyl (C=O) groups is 1. The lowest BCUT2D eigenvalue weighted by Gasteiger charge is -2.06. The molecule has 0 saturated heterocycles. The highest BCUT2D eigenvalue weighted by Gasteiger charge is 2.19. The van der Waals surface area contributed by atoms with Gasteiger partial charge in [-0.2, -0.15) is 4.98 Å². The van der Waals surface area contributed by atoms with Crippen LogP contribution in [0.5, 0.6) is 0 Å². The van der Waals surface area contributed by atoms with Crippen molar-refractivity contribution < 1.29 is 9.32 Å². The molecule has 0 spiro atoms. The number of halogens is 1. The van der Waals surface area contributed by atoms with E-state index in [-0.39, 0.29) is 11.7 Å². The van der Waals surface area contributed by atoms with E-state index in [9.17, 15) is 4.79 Å². The van der Waals surface area contributed by atoms with Gasteiger partial charge < -0.3 is 4.52 Å². The minimum atomic E-state index is -0.514. The van der Waals surface area contributed by atoms with Gasteiger partial charge in [-0.3, -0.25) is 15.2 Å². The Morgan fingerprint density at radius 3 is 2.75 bits per heavy atom. The Kier molecular flexibility index (Phi) is 4.68. The van der Waals surface area contributed by atoms with Gasteiger partial charge in [-0.1, -0.05) is 34.1 Å². The quantitative estimate of drug-likeness (QED) is 0.493. The zero-order chi connectivity index (χ0) is 19.5. The summed E-state index contributed by atoms with van der Waals surface area (Å²) in [5, 5.41) is 12.3. The van der Waals surface area contributed by atoms with Crippen LogP contribution in [0.1, 0.15) is 16.2 Å². The second-order valence-electron chi connectivity index (χ2n) is 5.62. The highest BCUT2D eigenvalue weighted by atomic mass is 35.5. The second kappa shape index (κ2) is 7.45. The molecule has 0 aliphatic heterocycles. The van der Waals surface area contributed by atoms with Gasteiger partial charge >= 0.3 is 6.01 Å². The highest BCUT2D eigenvalue weighted by molar-refractivity contribution is 6.32. The Bertz CT molecular complexity index is 1130. The summed E-state index contributed by atoms with van der Waals surface area (Å²) in [7, 11) is 0. The number of hydrogen-bond donors (Lipinski definition) is 2. The molecule has 2 N–H and O–H groups in total. The Labute approximate surface area is 163 Å². The van der Waals surface area contributed by atoms with E-state index in [1.807, 2.05) is 6.07 Å². The number of pyridine rings is 1. The number of aromatic nitrogens is 6. The lowest BCUT2D eigenvalue weighted by molar-refractivity contribution is 0.0955. The first-order valence-corrected chi connectivity index (χ1v) is 8.49. The van der Waals surface area contributed by atoms with Crippen LogP contribution in [0.25, 0.3) is 17.1 Å². The average molecular weight is 397 g/mol. The molecular weight excluding hydrogens is 384 g/mol. The van der Waals surface area contributed by atoms with Gasteiger partial charge in [0.2, 0.25) is 5.82 Å². The summed E-state index contributed by atoms with van der Waals surface area (Å²) in [5.74, 6) is -0.153. The zero-order valence-electron chi connectivity index (χ0n) is 14.5. The molecular formula is C17H13ClN8O2. The number of hydrazine groups is 1. The molecule has 3 heterocycles. The maximum Gasteiger partial charge on any atom is 0.340 e. The van der Waals surface area contributed by atoms with Crippen molar-refractivity contribution in [3.63, 3.8) is 0 Å². The van der Waals surface area contributed by atoms with Crippen LogP contribution in [0, 0.1) is 6.92 Å². The third-order valence-electron chi connectivity index (χ3n) is 3.84. The number of hydrogen-bond acceptors (Lipinski definition) is 8. The lowest BCUT2D eigenvalue weighted by atomic mass is 10.3. The van der Waals surface area contributed by atoms with Crippen LogP contribution in [0.15, 0.2) is 53.3 Å². The highest BCUT2D eigenvalue weighted by Crippen LogP contribution is 2.21. The van der Waals surface area contributed by atoms with Crippen LogP contribution in [0.3, 0.4) is 0 Å². The minimum absolute atomic E-state index is 0.0244. The van der Waals surface area contributed by atoms with Crippen LogP contribution in [0.4, 0.5) is 6.01 Å². The van der Waals surface area contributed by atoms with E-state index in [4.69, 9.17) is 16.1 Å². The van der Waals surface area contributed by atoms with Gasteiger partial charge in [0.05, 0.1) is 16.4 Å². The van der Waals surface area contributed by atoms with E-state index >= 15 is 0 Å². The molecule has 0 aliphatic carbocycles. The molecule has 11 heteroatoms. The van der Waals surface area contributed by atoms with E-state index in [1.165, 1.54) is 4.68 Å². The lowest BCUT2D eigenvalue weighted by Crippen LogP contribution is -2.30. The van der Waals surface area contributed by atoms with Gasteiger partial charge in [-0.25, -0.2) is 10.1 Å². The predicted molar refractivity (Wildman–Crippen MR) is 99.7 cm³/mol. The standard InChI is InChI=1S/C17H13ClN8O2/c1-10-14(21-25-26(10)13-5-3-2-4-12(13)18)16(27)22-23-17-20-15(24-28-17)11-6-8-19-9-7-11/h2-9H,1H3,(H,22,27)(H,20,23,24). The second-order valence-corrected chi connectivity index (χ2v) is 6.03. The Morgan fingerprint density at radius 1 is 1.18 bits per heavy atom. The summed E-state index contributed by atoms with van der Waals surface area (Å²) in [6.45, 7) is 1.71. The first-order chi connectivity index (χ1) is 13.6. The van der Waals surface area contributed by atoms with Crippen molar-refractivity contribution in [2.75, 3.05) is 5.43 Å². The SMILES string of the molecule is Cc1c(C(=O)NNc2nc(-c3ccncc3)no2)nnn1-c1ccccc1Cl. The van der Waals surface area contributed by atoms with Crippen molar-refractivity contribution in [1.82, 2.24) is 35.5 Å². The predicted octanol–water partition coefficient (Wildman–Crippen LogP) is 2.43. The maximum absolute atomic E-state index is 12.4. The summed E-state index contributed by atoms with van der Waals surface area (Å²) in [6.07, 6.45) is 3.23. The molecule has 28 heavy (non-hydrogen) atoms. The van der Waals surface area contributed by atoms with E-state index in [1.54, 1.807) is 49.6 Å². The molecule has 0 atom stereocenters. The first kappa shape index (κ1) is 17.6. The molecule has 0 aliphatic rings. The van der Waals surface area contributed by atoms with Gasteiger partial charge in [0, 0.05) is 18.0 Å². The maximum atomic E-state index is 12.4. The summed E-state index contributed by atoms with van der Waals surface area (Å²) < 4.78 is 6.55. The van der Waals surface area contributed by atoms with Crippen molar-refractivity contribution in [3.05, 3.63) is 65.2 Å². The third-order valence-corrected chi connectivity index (χ3v) is 4.16. The fourth-order valence-corrected chi connectivity index (χ4v) is 2.67. The third kappa shape index (κ3) is 3.40. The molecule has 0 saturated carbocycles. The summed E-state index contributed by atoms with van der Waals surface area (Å²) in [5.41, 5.74) is 7.02. The topological polar surface area (TPSA) is 124 Å². The average Bonchev–Trinajstić information content (AvgIpc) is 3.34. The van der Waals surface area contributed by atoms with Crippen molar-refractivity contribution in [1.29, 1.82) is 0 Å². The molecule has 4 rings (SSSR count). The molecule has 1 amide bonds. The molecule has 0 unspecified atom stereocenters. The molecule has 0 radical (unpaired) electrons. The number of amides is 1. The molecule has 0 bridgehead atoms. The molecule has 3 aromatic heterocycles. The minimum Gasteiger partial charge on any atom is -0.313 e.